The topological polar surface area (TPSA) is 75.4 Å². The molecule has 6 nitrogen and oxygen atoms in total. The van der Waals surface area contributed by atoms with Crippen molar-refractivity contribution in [2.75, 3.05) is 20.2 Å². The number of aliphatic hydroxyl groups excluding tert-OH is 1. The Bertz CT molecular complexity index is 575. The van der Waals surface area contributed by atoms with Crippen LogP contribution in [-0.4, -0.2) is 47.8 Å². The van der Waals surface area contributed by atoms with Crippen molar-refractivity contribution in [3.05, 3.63) is 23.5 Å². The summed E-state index contributed by atoms with van der Waals surface area (Å²) in [6.45, 7) is 9.32. The van der Waals surface area contributed by atoms with Gasteiger partial charge in [-0.05, 0) is 20.8 Å². The minimum absolute atomic E-state index is 0.0803. The number of likely N-dealkylation sites (N-methyl/N-ethyl adjacent to an activating group) is 1. The van der Waals surface area contributed by atoms with E-state index in [1.165, 1.54) is 16.0 Å². The van der Waals surface area contributed by atoms with E-state index >= 15 is 0 Å². The first-order valence-electron chi connectivity index (χ1n) is 5.97. The average molecular weight is 287 g/mol. The summed E-state index contributed by atoms with van der Waals surface area (Å²) in [6.07, 6.45) is 0. The minimum atomic E-state index is -3.59. The summed E-state index contributed by atoms with van der Waals surface area (Å²) in [5, 5.41) is 13.1. The molecule has 0 fully saturated rings. The van der Waals surface area contributed by atoms with Crippen molar-refractivity contribution < 1.29 is 13.5 Å². The largest absolute Gasteiger partial charge is 0.394 e. The zero-order valence-electron chi connectivity index (χ0n) is 11.8. The lowest BCUT2D eigenvalue weighted by Crippen LogP contribution is -2.29. The molecule has 1 aromatic heterocycles. The highest BCUT2D eigenvalue weighted by molar-refractivity contribution is 7.89. The van der Waals surface area contributed by atoms with Gasteiger partial charge in [-0.3, -0.25) is 4.68 Å². The highest BCUT2D eigenvalue weighted by atomic mass is 32.2. The first-order chi connectivity index (χ1) is 8.71. The van der Waals surface area contributed by atoms with Crippen LogP contribution in [0.5, 0.6) is 0 Å². The Morgan fingerprint density at radius 1 is 1.47 bits per heavy atom. The molecular weight excluding hydrogens is 266 g/mol. The van der Waals surface area contributed by atoms with Crippen LogP contribution in [0, 0.1) is 13.8 Å². The number of sulfonamides is 1. The van der Waals surface area contributed by atoms with E-state index in [2.05, 4.69) is 11.7 Å². The summed E-state index contributed by atoms with van der Waals surface area (Å²) >= 11 is 0. The van der Waals surface area contributed by atoms with E-state index in [0.29, 0.717) is 11.4 Å². The zero-order chi connectivity index (χ0) is 14.8. The molecule has 0 spiro atoms. The summed E-state index contributed by atoms with van der Waals surface area (Å²) < 4.78 is 27.8. The third-order valence-electron chi connectivity index (χ3n) is 2.79. The van der Waals surface area contributed by atoms with E-state index in [1.54, 1.807) is 20.8 Å². The van der Waals surface area contributed by atoms with Gasteiger partial charge in [0.2, 0.25) is 10.0 Å². The molecule has 19 heavy (non-hydrogen) atoms. The van der Waals surface area contributed by atoms with E-state index in [-0.39, 0.29) is 24.6 Å². The van der Waals surface area contributed by atoms with Gasteiger partial charge in [0.15, 0.2) is 0 Å². The van der Waals surface area contributed by atoms with Crippen molar-refractivity contribution in [3.63, 3.8) is 0 Å². The molecule has 1 rings (SSSR count). The second-order valence-electron chi connectivity index (χ2n) is 4.66. The van der Waals surface area contributed by atoms with E-state index in [4.69, 9.17) is 5.11 Å². The van der Waals surface area contributed by atoms with Crippen molar-refractivity contribution in [3.8, 4) is 0 Å². The highest BCUT2D eigenvalue weighted by Crippen LogP contribution is 2.23. The molecule has 1 N–H and O–H groups in total. The number of aromatic nitrogens is 2. The van der Waals surface area contributed by atoms with E-state index in [9.17, 15) is 8.42 Å². The Morgan fingerprint density at radius 3 is 2.53 bits per heavy atom. The van der Waals surface area contributed by atoms with Crippen LogP contribution in [0.4, 0.5) is 0 Å². The van der Waals surface area contributed by atoms with Crippen molar-refractivity contribution in [2.24, 2.45) is 0 Å². The molecule has 0 bridgehead atoms. The Morgan fingerprint density at radius 2 is 2.05 bits per heavy atom. The van der Waals surface area contributed by atoms with Gasteiger partial charge in [-0.25, -0.2) is 8.42 Å². The third-order valence-corrected chi connectivity index (χ3v) is 4.84. The SMILES string of the molecule is C=C(C)CN(C)S(=O)(=O)c1c(C)nn(CCO)c1C. The molecule has 1 aromatic rings. The van der Waals surface area contributed by atoms with Crippen molar-refractivity contribution in [2.45, 2.75) is 32.2 Å². The number of hydrogen-bond acceptors (Lipinski definition) is 4. The molecule has 1 heterocycles. The predicted molar refractivity (Wildman–Crippen MR) is 73.4 cm³/mol. The van der Waals surface area contributed by atoms with Crippen LogP contribution in [0.25, 0.3) is 0 Å². The molecule has 0 aliphatic rings. The number of hydrogen-bond donors (Lipinski definition) is 1. The van der Waals surface area contributed by atoms with Crippen molar-refractivity contribution in [1.29, 1.82) is 0 Å². The molecule has 0 atom stereocenters. The normalized spacial score (nSPS) is 12.1. The molecule has 0 aliphatic carbocycles. The highest BCUT2D eigenvalue weighted by Gasteiger charge is 2.28. The van der Waals surface area contributed by atoms with Crippen LogP contribution in [0.15, 0.2) is 17.0 Å². The second kappa shape index (κ2) is 5.85. The van der Waals surface area contributed by atoms with Gasteiger partial charge in [0, 0.05) is 13.6 Å². The van der Waals surface area contributed by atoms with Gasteiger partial charge in [0.1, 0.15) is 4.90 Å². The lowest BCUT2D eigenvalue weighted by Gasteiger charge is -2.17. The fourth-order valence-electron chi connectivity index (χ4n) is 1.99. The molecule has 0 radical (unpaired) electrons. The van der Waals surface area contributed by atoms with Crippen LogP contribution in [0.1, 0.15) is 18.3 Å². The standard InChI is InChI=1S/C12H21N3O3S/c1-9(2)8-14(5)19(17,18)12-10(3)13-15(6-7-16)11(12)4/h16H,1,6-8H2,2-5H3. The maximum atomic E-state index is 12.5. The first-order valence-corrected chi connectivity index (χ1v) is 7.41. The molecule has 0 saturated carbocycles. The minimum Gasteiger partial charge on any atom is -0.394 e. The van der Waals surface area contributed by atoms with Gasteiger partial charge >= 0.3 is 0 Å². The fraction of sp³-hybridized carbons (Fsp3) is 0.583. The van der Waals surface area contributed by atoms with Crippen molar-refractivity contribution in [1.82, 2.24) is 14.1 Å². The number of rotatable bonds is 6. The van der Waals surface area contributed by atoms with Crippen LogP contribution in [0.2, 0.25) is 0 Å². The Kier molecular flexibility index (Phi) is 4.89. The molecular formula is C12H21N3O3S. The lowest BCUT2D eigenvalue weighted by molar-refractivity contribution is 0.267. The van der Waals surface area contributed by atoms with Gasteiger partial charge < -0.3 is 5.11 Å². The van der Waals surface area contributed by atoms with Gasteiger partial charge in [-0.2, -0.15) is 9.40 Å². The summed E-state index contributed by atoms with van der Waals surface area (Å²) in [5.74, 6) is 0. The van der Waals surface area contributed by atoms with Gasteiger partial charge in [0.25, 0.3) is 0 Å². The summed E-state index contributed by atoms with van der Waals surface area (Å²) in [6, 6.07) is 0. The predicted octanol–water partition coefficient (Wildman–Crippen LogP) is 0.689. The summed E-state index contributed by atoms with van der Waals surface area (Å²) in [7, 11) is -2.07. The molecule has 0 unspecified atom stereocenters. The van der Waals surface area contributed by atoms with E-state index in [1.807, 2.05) is 0 Å². The Balaban J connectivity index is 3.25. The summed E-state index contributed by atoms with van der Waals surface area (Å²) in [5.41, 5.74) is 1.75. The van der Waals surface area contributed by atoms with Gasteiger partial charge in [-0.1, -0.05) is 12.2 Å². The lowest BCUT2D eigenvalue weighted by atomic mass is 10.4. The first kappa shape index (κ1) is 15.9. The maximum absolute atomic E-state index is 12.5. The van der Waals surface area contributed by atoms with E-state index in [0.717, 1.165) is 5.57 Å². The fourth-order valence-corrected chi connectivity index (χ4v) is 3.58. The monoisotopic (exact) mass is 287 g/mol. The second-order valence-corrected chi connectivity index (χ2v) is 6.65. The van der Waals surface area contributed by atoms with Crippen LogP contribution in [-0.2, 0) is 16.6 Å². The number of nitrogens with zero attached hydrogens (tertiary/aromatic N) is 3. The Hall–Kier alpha value is -1.18. The quantitative estimate of drug-likeness (QED) is 0.781. The number of aliphatic hydroxyl groups is 1. The van der Waals surface area contributed by atoms with Crippen LogP contribution < -0.4 is 0 Å². The molecule has 7 heteroatoms. The van der Waals surface area contributed by atoms with Gasteiger partial charge in [0.05, 0.1) is 24.5 Å². The molecule has 0 saturated heterocycles. The molecule has 0 amide bonds. The van der Waals surface area contributed by atoms with E-state index < -0.39 is 10.0 Å². The average Bonchev–Trinajstić information content (AvgIpc) is 2.54. The third kappa shape index (κ3) is 3.23. The smallest absolute Gasteiger partial charge is 0.246 e. The van der Waals surface area contributed by atoms with Gasteiger partial charge in [-0.15, -0.1) is 0 Å². The number of aryl methyl sites for hydroxylation is 1. The van der Waals surface area contributed by atoms with Crippen LogP contribution >= 0.6 is 0 Å². The molecule has 108 valence electrons. The zero-order valence-corrected chi connectivity index (χ0v) is 12.7. The Labute approximate surface area is 114 Å². The molecule has 0 aliphatic heterocycles. The van der Waals surface area contributed by atoms with Crippen LogP contribution in [0.3, 0.4) is 0 Å². The van der Waals surface area contributed by atoms with Crippen molar-refractivity contribution >= 4 is 10.0 Å². The summed E-state index contributed by atoms with van der Waals surface area (Å²) in [4.78, 5) is 0.213. The molecule has 0 aromatic carbocycles. The maximum Gasteiger partial charge on any atom is 0.246 e.